The fourth-order valence-corrected chi connectivity index (χ4v) is 1.64. The van der Waals surface area contributed by atoms with Gasteiger partial charge in [0, 0.05) is 0 Å². The van der Waals surface area contributed by atoms with Crippen molar-refractivity contribution in [2.75, 3.05) is 13.2 Å². The van der Waals surface area contributed by atoms with E-state index in [9.17, 15) is 10.2 Å². The molecule has 4 nitrogen and oxygen atoms in total. The van der Waals surface area contributed by atoms with E-state index in [1.165, 1.54) is 0 Å². The summed E-state index contributed by atoms with van der Waals surface area (Å²) in [6.07, 6.45) is -2.38. The summed E-state index contributed by atoms with van der Waals surface area (Å²) in [7, 11) is 0. The van der Waals surface area contributed by atoms with Crippen LogP contribution in [0.25, 0.3) is 0 Å². The van der Waals surface area contributed by atoms with Crippen LogP contribution in [0.2, 0.25) is 0 Å². The minimum atomic E-state index is -0.962. The maximum Gasteiger partial charge on any atom is 0.109 e. The van der Waals surface area contributed by atoms with Crippen molar-refractivity contribution < 1.29 is 20.1 Å². The average molecular weight is 274 g/mol. The van der Waals surface area contributed by atoms with Crippen molar-refractivity contribution in [2.45, 2.75) is 22.2 Å². The van der Waals surface area contributed by atoms with Crippen molar-refractivity contribution >= 4 is 22.6 Å². The molecule has 0 aromatic rings. The average Bonchev–Trinajstić information content (AvgIpc) is 2.01. The van der Waals surface area contributed by atoms with Crippen LogP contribution in [0.3, 0.4) is 0 Å². The molecular weight excluding hydrogens is 263 g/mol. The molecule has 1 heterocycles. The minimum Gasteiger partial charge on any atom is -0.394 e. The molecule has 3 N–H and O–H groups in total. The maximum absolute atomic E-state index is 9.30. The summed E-state index contributed by atoms with van der Waals surface area (Å²) in [5.41, 5.74) is 0. The van der Waals surface area contributed by atoms with Crippen LogP contribution in [-0.4, -0.2) is 50.8 Å². The lowest BCUT2D eigenvalue weighted by Gasteiger charge is -2.34. The third kappa shape index (κ3) is 2.03. The largest absolute Gasteiger partial charge is 0.394 e. The zero-order chi connectivity index (χ0) is 8.43. The number of halogens is 1. The molecule has 5 heteroatoms. The molecule has 0 bridgehead atoms. The number of aliphatic hydroxyl groups excluding tert-OH is 3. The van der Waals surface area contributed by atoms with Gasteiger partial charge in [-0.25, -0.2) is 0 Å². The number of alkyl halides is 1. The van der Waals surface area contributed by atoms with E-state index in [1.807, 2.05) is 22.6 Å². The standard InChI is InChI=1S/C6H11IO4/c7-3-2-11-4(1-8)6(10)5(3)9/h3-6,8-10H,1-2H2/t3?,4?,5?,6-/m0/s1. The van der Waals surface area contributed by atoms with Gasteiger partial charge in [0.15, 0.2) is 0 Å². The Morgan fingerprint density at radius 3 is 2.55 bits per heavy atom. The minimum absolute atomic E-state index is 0.0922. The highest BCUT2D eigenvalue weighted by Gasteiger charge is 2.36. The SMILES string of the molecule is OCC1OCC(I)C(O)[C@H]1O. The second kappa shape index (κ2) is 3.99. The van der Waals surface area contributed by atoms with Gasteiger partial charge in [-0.2, -0.15) is 0 Å². The molecule has 1 fully saturated rings. The monoisotopic (exact) mass is 274 g/mol. The van der Waals surface area contributed by atoms with Gasteiger partial charge in [-0.15, -0.1) is 0 Å². The highest BCUT2D eigenvalue weighted by molar-refractivity contribution is 14.1. The number of aliphatic hydroxyl groups is 3. The zero-order valence-corrected chi connectivity index (χ0v) is 8.01. The summed E-state index contributed by atoms with van der Waals surface area (Å²) >= 11 is 2.01. The zero-order valence-electron chi connectivity index (χ0n) is 5.85. The third-order valence-corrected chi connectivity index (χ3v) is 2.85. The first-order valence-electron chi connectivity index (χ1n) is 3.39. The molecule has 66 valence electrons. The first-order valence-corrected chi connectivity index (χ1v) is 4.64. The summed E-state index contributed by atoms with van der Waals surface area (Å²) in [5, 5.41) is 27.2. The van der Waals surface area contributed by atoms with Crippen molar-refractivity contribution in [3.63, 3.8) is 0 Å². The van der Waals surface area contributed by atoms with E-state index >= 15 is 0 Å². The second-order valence-corrected chi connectivity index (χ2v) is 4.15. The fraction of sp³-hybridized carbons (Fsp3) is 1.00. The van der Waals surface area contributed by atoms with Crippen molar-refractivity contribution in [1.82, 2.24) is 0 Å². The van der Waals surface area contributed by atoms with Gasteiger partial charge in [0.2, 0.25) is 0 Å². The van der Waals surface area contributed by atoms with Crippen LogP contribution in [0.15, 0.2) is 0 Å². The molecule has 0 spiro atoms. The van der Waals surface area contributed by atoms with Crippen LogP contribution >= 0.6 is 22.6 Å². The number of ether oxygens (including phenoxy) is 1. The Morgan fingerprint density at radius 1 is 1.36 bits per heavy atom. The van der Waals surface area contributed by atoms with Gasteiger partial charge >= 0.3 is 0 Å². The summed E-state index contributed by atoms with van der Waals surface area (Å²) in [6.45, 7) is 0.131. The van der Waals surface area contributed by atoms with E-state index < -0.39 is 18.3 Å². The molecule has 0 amide bonds. The van der Waals surface area contributed by atoms with Gasteiger partial charge < -0.3 is 20.1 Å². The predicted octanol–water partition coefficient (Wildman–Crippen LogP) is -1.10. The summed E-state index contributed by atoms with van der Waals surface area (Å²) in [6, 6.07) is 0. The van der Waals surface area contributed by atoms with Crippen molar-refractivity contribution in [2.24, 2.45) is 0 Å². The van der Waals surface area contributed by atoms with Gasteiger partial charge in [-0.05, 0) is 0 Å². The molecule has 1 aliphatic rings. The van der Waals surface area contributed by atoms with Gasteiger partial charge in [-0.3, -0.25) is 0 Å². The molecule has 3 unspecified atom stereocenters. The smallest absolute Gasteiger partial charge is 0.109 e. The molecule has 0 aromatic carbocycles. The lowest BCUT2D eigenvalue weighted by Crippen LogP contribution is -2.51. The van der Waals surface area contributed by atoms with Crippen LogP contribution in [0, 0.1) is 0 Å². The van der Waals surface area contributed by atoms with E-state index in [4.69, 9.17) is 9.84 Å². The Labute approximate surface area is 78.3 Å². The van der Waals surface area contributed by atoms with E-state index in [0.717, 1.165) is 0 Å². The Morgan fingerprint density at radius 2 is 2.00 bits per heavy atom. The molecule has 0 aromatic heterocycles. The molecule has 0 radical (unpaired) electrons. The van der Waals surface area contributed by atoms with Crippen LogP contribution < -0.4 is 0 Å². The van der Waals surface area contributed by atoms with Crippen molar-refractivity contribution in [3.05, 3.63) is 0 Å². The Kier molecular flexibility index (Phi) is 3.51. The predicted molar refractivity (Wildman–Crippen MR) is 46.6 cm³/mol. The first-order chi connectivity index (χ1) is 5.16. The van der Waals surface area contributed by atoms with E-state index in [1.54, 1.807) is 0 Å². The lowest BCUT2D eigenvalue weighted by molar-refractivity contribution is -0.141. The van der Waals surface area contributed by atoms with Crippen molar-refractivity contribution in [1.29, 1.82) is 0 Å². The quantitative estimate of drug-likeness (QED) is 0.419. The molecular formula is C6H11IO4. The number of rotatable bonds is 1. The second-order valence-electron chi connectivity index (χ2n) is 2.55. The maximum atomic E-state index is 9.30. The van der Waals surface area contributed by atoms with E-state index in [2.05, 4.69) is 0 Å². The molecule has 1 aliphatic heterocycles. The highest BCUT2D eigenvalue weighted by atomic mass is 127. The summed E-state index contributed by atoms with van der Waals surface area (Å²) in [5.74, 6) is 0. The molecule has 11 heavy (non-hydrogen) atoms. The normalized spacial score (nSPS) is 45.8. The number of hydrogen-bond donors (Lipinski definition) is 3. The first kappa shape index (κ1) is 9.66. The Hall–Kier alpha value is 0.570. The van der Waals surface area contributed by atoms with Gasteiger partial charge in [0.25, 0.3) is 0 Å². The molecule has 1 rings (SSSR count). The topological polar surface area (TPSA) is 69.9 Å². The number of hydrogen-bond acceptors (Lipinski definition) is 4. The van der Waals surface area contributed by atoms with Crippen LogP contribution in [0.1, 0.15) is 0 Å². The Bertz CT molecular complexity index is 130. The fourth-order valence-electron chi connectivity index (χ4n) is 1.01. The van der Waals surface area contributed by atoms with Gasteiger partial charge in [-0.1, -0.05) is 22.6 Å². The van der Waals surface area contributed by atoms with Crippen LogP contribution in [-0.2, 0) is 4.74 Å². The highest BCUT2D eigenvalue weighted by Crippen LogP contribution is 2.20. The third-order valence-electron chi connectivity index (χ3n) is 1.75. The molecule has 4 atom stereocenters. The molecule has 1 saturated heterocycles. The summed E-state index contributed by atoms with van der Waals surface area (Å²) < 4.78 is 4.96. The van der Waals surface area contributed by atoms with Gasteiger partial charge in [0.1, 0.15) is 12.2 Å². The summed E-state index contributed by atoms with van der Waals surface area (Å²) in [4.78, 5) is 0. The van der Waals surface area contributed by atoms with E-state index in [-0.39, 0.29) is 10.5 Å². The van der Waals surface area contributed by atoms with Gasteiger partial charge in [0.05, 0.1) is 23.2 Å². The molecule has 0 saturated carbocycles. The van der Waals surface area contributed by atoms with Crippen LogP contribution in [0.4, 0.5) is 0 Å². The Balaban J connectivity index is 2.52. The lowest BCUT2D eigenvalue weighted by atomic mass is 10.0. The van der Waals surface area contributed by atoms with Crippen LogP contribution in [0.5, 0.6) is 0 Å². The van der Waals surface area contributed by atoms with E-state index in [0.29, 0.717) is 6.61 Å². The van der Waals surface area contributed by atoms with Crippen molar-refractivity contribution in [3.8, 4) is 0 Å². The molecule has 0 aliphatic carbocycles.